The second-order valence-corrected chi connectivity index (χ2v) is 11.7. The molecule has 3 heterocycles. The number of halogens is 2. The lowest BCUT2D eigenvalue weighted by Gasteiger charge is -2.30. The van der Waals surface area contributed by atoms with E-state index in [1.165, 1.54) is 5.56 Å². The highest BCUT2D eigenvalue weighted by atomic mass is 35.5. The van der Waals surface area contributed by atoms with Gasteiger partial charge in [0.25, 0.3) is 0 Å². The topological polar surface area (TPSA) is 39.2 Å². The molecule has 1 spiro atoms. The van der Waals surface area contributed by atoms with Crippen LogP contribution in [-0.2, 0) is 5.41 Å². The highest BCUT2D eigenvalue weighted by Gasteiger charge is 2.54. The minimum Gasteiger partial charge on any atom is -0.455 e. The Bertz CT molecular complexity index is 2290. The lowest BCUT2D eigenvalue weighted by atomic mass is 9.70. The van der Waals surface area contributed by atoms with E-state index in [9.17, 15) is 0 Å². The maximum atomic E-state index is 7.21. The van der Waals surface area contributed by atoms with E-state index in [2.05, 4.69) is 59.6 Å². The van der Waals surface area contributed by atoms with Gasteiger partial charge in [-0.2, -0.15) is 0 Å². The first-order valence-corrected chi connectivity index (χ1v) is 14.3. The second-order valence-electron chi connectivity index (χ2n) is 10.9. The third kappa shape index (κ3) is 2.44. The maximum absolute atomic E-state index is 7.21. The van der Waals surface area contributed by atoms with Crippen LogP contribution in [0.5, 0.6) is 0 Å². The van der Waals surface area contributed by atoms with Gasteiger partial charge >= 0.3 is 0 Å². The Morgan fingerprint density at radius 2 is 1.10 bits per heavy atom. The quantitative estimate of drug-likeness (QED) is 0.183. The summed E-state index contributed by atoms with van der Waals surface area (Å²) in [6, 6.07) is 31.1. The summed E-state index contributed by atoms with van der Waals surface area (Å²) < 4.78 is 13.4. The Hall–Kier alpha value is -4.57. The Morgan fingerprint density at radius 1 is 0.561 bits per heavy atom. The van der Waals surface area contributed by atoms with Crippen molar-refractivity contribution in [2.24, 2.45) is 0 Å². The van der Waals surface area contributed by atoms with Gasteiger partial charge in [-0.1, -0.05) is 83.9 Å². The first-order chi connectivity index (χ1) is 20.2. The van der Waals surface area contributed by atoms with Crippen LogP contribution in [0.2, 0.25) is 10.0 Å². The van der Waals surface area contributed by atoms with Crippen LogP contribution in [0.1, 0.15) is 22.3 Å². The SMILES string of the molecule is Clc1cc2c(c3oc4ccccc4c13)-c1c(cc(Cl)c3c1oc1ccccc13)C21c2ccccc2-c2cnccc21. The van der Waals surface area contributed by atoms with E-state index in [-0.39, 0.29) is 0 Å². The Labute approximate surface area is 243 Å². The zero-order chi connectivity index (χ0) is 27.0. The monoisotopic (exact) mass is 565 g/mol. The molecule has 192 valence electrons. The molecule has 0 saturated carbocycles. The molecule has 8 aromatic rings. The molecule has 0 unspecified atom stereocenters. The molecular weight excluding hydrogens is 549 g/mol. The number of aromatic nitrogens is 1. The van der Waals surface area contributed by atoms with Gasteiger partial charge in [0.15, 0.2) is 0 Å². The van der Waals surface area contributed by atoms with E-state index < -0.39 is 5.41 Å². The number of pyridine rings is 1. The van der Waals surface area contributed by atoms with Crippen LogP contribution in [0.15, 0.2) is 112 Å². The summed E-state index contributed by atoms with van der Waals surface area (Å²) in [5.74, 6) is 0. The van der Waals surface area contributed by atoms with E-state index in [1.807, 2.05) is 48.8 Å². The molecule has 2 aliphatic rings. The maximum Gasteiger partial charge on any atom is 0.145 e. The number of hydrogen-bond donors (Lipinski definition) is 0. The van der Waals surface area contributed by atoms with Crippen molar-refractivity contribution in [1.82, 2.24) is 4.98 Å². The van der Waals surface area contributed by atoms with E-state index in [0.717, 1.165) is 82.8 Å². The average Bonchev–Trinajstić information content (AvgIpc) is 3.72. The summed E-state index contributed by atoms with van der Waals surface area (Å²) in [7, 11) is 0. The van der Waals surface area contributed by atoms with Gasteiger partial charge in [-0.05, 0) is 58.1 Å². The van der Waals surface area contributed by atoms with Gasteiger partial charge in [0.2, 0.25) is 0 Å². The lowest BCUT2D eigenvalue weighted by molar-refractivity contribution is 0.665. The van der Waals surface area contributed by atoms with E-state index in [1.54, 1.807) is 0 Å². The molecule has 0 bridgehead atoms. The fraction of sp³-hybridized carbons (Fsp3) is 0.0278. The predicted molar refractivity (Wildman–Crippen MR) is 165 cm³/mol. The largest absolute Gasteiger partial charge is 0.455 e. The zero-order valence-corrected chi connectivity index (χ0v) is 22.8. The minimum absolute atomic E-state index is 0.655. The number of rotatable bonds is 0. The number of para-hydroxylation sites is 2. The molecule has 0 fully saturated rings. The van der Waals surface area contributed by atoms with Crippen LogP contribution in [0.25, 0.3) is 66.1 Å². The van der Waals surface area contributed by atoms with Crippen molar-refractivity contribution in [1.29, 1.82) is 0 Å². The normalized spacial score (nSPS) is 14.3. The van der Waals surface area contributed by atoms with Crippen molar-refractivity contribution in [2.45, 2.75) is 5.41 Å². The highest BCUT2D eigenvalue weighted by molar-refractivity contribution is 6.41. The summed E-state index contributed by atoms with van der Waals surface area (Å²) in [6.45, 7) is 0. The number of fused-ring (bicyclic) bond motifs is 18. The van der Waals surface area contributed by atoms with E-state index in [4.69, 9.17) is 32.0 Å². The molecule has 5 heteroatoms. The summed E-state index contributed by atoms with van der Waals surface area (Å²) in [6.07, 6.45) is 3.83. The van der Waals surface area contributed by atoms with E-state index >= 15 is 0 Å². The molecule has 0 N–H and O–H groups in total. The van der Waals surface area contributed by atoms with Crippen molar-refractivity contribution >= 4 is 67.1 Å². The van der Waals surface area contributed by atoms with Crippen LogP contribution >= 0.6 is 23.2 Å². The smallest absolute Gasteiger partial charge is 0.145 e. The first kappa shape index (κ1) is 22.2. The van der Waals surface area contributed by atoms with Crippen LogP contribution in [-0.4, -0.2) is 4.98 Å². The minimum atomic E-state index is -0.673. The third-order valence-electron chi connectivity index (χ3n) is 9.11. The summed E-state index contributed by atoms with van der Waals surface area (Å²) in [4.78, 5) is 4.53. The molecule has 10 rings (SSSR count). The molecule has 0 aliphatic heterocycles. The number of benzene rings is 5. The molecular formula is C36H17Cl2NO2. The first-order valence-electron chi connectivity index (χ1n) is 13.5. The number of hydrogen-bond acceptors (Lipinski definition) is 3. The molecule has 5 aromatic carbocycles. The molecule has 2 aliphatic carbocycles. The third-order valence-corrected chi connectivity index (χ3v) is 9.70. The molecule has 0 radical (unpaired) electrons. The van der Waals surface area contributed by atoms with Gasteiger partial charge in [-0.15, -0.1) is 0 Å². The fourth-order valence-electron chi connectivity index (χ4n) is 7.64. The molecule has 0 saturated heterocycles. The summed E-state index contributed by atoms with van der Waals surface area (Å²) in [5.41, 5.74) is 11.1. The zero-order valence-electron chi connectivity index (χ0n) is 21.3. The van der Waals surface area contributed by atoms with E-state index in [0.29, 0.717) is 10.0 Å². The van der Waals surface area contributed by atoms with Crippen molar-refractivity contribution in [2.75, 3.05) is 0 Å². The summed E-state index contributed by atoms with van der Waals surface area (Å²) >= 11 is 14.4. The van der Waals surface area contributed by atoms with Gasteiger partial charge in [-0.25, -0.2) is 0 Å². The number of nitrogens with zero attached hydrogens (tertiary/aromatic N) is 1. The lowest BCUT2D eigenvalue weighted by Crippen LogP contribution is -2.26. The predicted octanol–water partition coefficient (Wildman–Crippen LogP) is 10.5. The van der Waals surface area contributed by atoms with Gasteiger partial charge in [0.1, 0.15) is 22.3 Å². The molecule has 0 atom stereocenters. The second kappa shape index (κ2) is 7.38. The van der Waals surface area contributed by atoms with Crippen LogP contribution < -0.4 is 0 Å². The van der Waals surface area contributed by atoms with Gasteiger partial charge < -0.3 is 8.83 Å². The molecule has 0 amide bonds. The summed E-state index contributed by atoms with van der Waals surface area (Å²) in [5, 5.41) is 5.10. The van der Waals surface area contributed by atoms with Crippen molar-refractivity contribution in [3.05, 3.63) is 136 Å². The van der Waals surface area contributed by atoms with Crippen LogP contribution in [0.3, 0.4) is 0 Å². The van der Waals surface area contributed by atoms with Crippen molar-refractivity contribution in [3.8, 4) is 22.3 Å². The number of furan rings is 2. The van der Waals surface area contributed by atoms with Crippen LogP contribution in [0, 0.1) is 0 Å². The molecule has 41 heavy (non-hydrogen) atoms. The van der Waals surface area contributed by atoms with Crippen molar-refractivity contribution < 1.29 is 8.83 Å². The van der Waals surface area contributed by atoms with Gasteiger partial charge in [0, 0.05) is 50.6 Å². The molecule has 3 aromatic heterocycles. The molecule has 3 nitrogen and oxygen atoms in total. The highest BCUT2D eigenvalue weighted by Crippen LogP contribution is 2.66. The Kier molecular flexibility index (Phi) is 3.99. The van der Waals surface area contributed by atoms with Crippen LogP contribution in [0.4, 0.5) is 0 Å². The Balaban J connectivity index is 1.52. The van der Waals surface area contributed by atoms with Crippen molar-refractivity contribution in [3.63, 3.8) is 0 Å². The average molecular weight is 566 g/mol. The van der Waals surface area contributed by atoms with Gasteiger partial charge in [0.05, 0.1) is 15.5 Å². The standard InChI is InChI=1S/C36H17Cl2NO2/c37-26-15-24-32(34-30(26)19-8-2-5-11-28(19)40-34)33-25(16-27(38)31-20-9-3-6-12-29(20)41-35(31)33)36(24)22-10-4-1-7-18(22)21-17-39-14-13-23(21)36/h1-17H. The Morgan fingerprint density at radius 3 is 1.73 bits per heavy atom. The fourth-order valence-corrected chi connectivity index (χ4v) is 8.24. The van der Waals surface area contributed by atoms with Gasteiger partial charge in [-0.3, -0.25) is 4.98 Å².